The number of benzene rings is 1. The zero-order chi connectivity index (χ0) is 19.4. The molecule has 0 bridgehead atoms. The molecule has 2 heterocycles. The van der Waals surface area contributed by atoms with Crippen LogP contribution in [0, 0.1) is 5.92 Å². The largest absolute Gasteiger partial charge is 0.339 e. The van der Waals surface area contributed by atoms with Crippen molar-refractivity contribution in [3.63, 3.8) is 0 Å². The third-order valence-corrected chi connectivity index (χ3v) is 5.70. The molecule has 1 saturated heterocycles. The average molecular weight is 371 g/mol. The van der Waals surface area contributed by atoms with Gasteiger partial charge in [0.15, 0.2) is 0 Å². The van der Waals surface area contributed by atoms with Crippen LogP contribution >= 0.6 is 0 Å². The van der Waals surface area contributed by atoms with E-state index in [9.17, 15) is 14.4 Å². The Kier molecular flexibility index (Phi) is 6.14. The summed E-state index contributed by atoms with van der Waals surface area (Å²) in [6.45, 7) is 6.55. The van der Waals surface area contributed by atoms with Gasteiger partial charge in [-0.25, -0.2) is 0 Å². The van der Waals surface area contributed by atoms with Crippen molar-refractivity contribution >= 4 is 23.4 Å². The van der Waals surface area contributed by atoms with Gasteiger partial charge in [0.1, 0.15) is 0 Å². The molecule has 3 rings (SSSR count). The van der Waals surface area contributed by atoms with Crippen molar-refractivity contribution < 1.29 is 14.4 Å². The van der Waals surface area contributed by atoms with Crippen molar-refractivity contribution in [2.75, 3.05) is 31.5 Å². The second-order valence-electron chi connectivity index (χ2n) is 7.44. The summed E-state index contributed by atoms with van der Waals surface area (Å²) in [5.74, 6) is 0.476. The van der Waals surface area contributed by atoms with Gasteiger partial charge in [0, 0.05) is 44.2 Å². The van der Waals surface area contributed by atoms with Gasteiger partial charge in [-0.15, -0.1) is 0 Å². The molecule has 27 heavy (non-hydrogen) atoms. The van der Waals surface area contributed by atoms with E-state index in [2.05, 4.69) is 19.2 Å². The topological polar surface area (TPSA) is 69.7 Å². The number of nitrogens with zero attached hydrogens (tertiary/aromatic N) is 2. The first-order chi connectivity index (χ1) is 13.0. The highest BCUT2D eigenvalue weighted by molar-refractivity contribution is 5.94. The lowest BCUT2D eigenvalue weighted by molar-refractivity contribution is -0.142. The van der Waals surface area contributed by atoms with Crippen LogP contribution in [0.5, 0.6) is 0 Å². The Morgan fingerprint density at radius 1 is 1.04 bits per heavy atom. The number of piperazine rings is 1. The summed E-state index contributed by atoms with van der Waals surface area (Å²) < 4.78 is 0. The molecule has 1 fully saturated rings. The number of hydrogen-bond donors (Lipinski definition) is 1. The molecule has 0 aliphatic carbocycles. The molecule has 0 saturated carbocycles. The van der Waals surface area contributed by atoms with Gasteiger partial charge in [0.05, 0.1) is 6.42 Å². The molecule has 0 spiro atoms. The van der Waals surface area contributed by atoms with E-state index < -0.39 is 0 Å². The standard InChI is InChI=1S/C21H29N3O3/c1-3-16(4-2)21(27)24-11-9-23(10-12-24)20(26)14-15-5-7-18-17(13-15)6-8-19(25)22-18/h5,7,13,16H,3-4,6,8-12,14H2,1-2H3,(H,22,25). The molecule has 1 aromatic rings. The van der Waals surface area contributed by atoms with E-state index >= 15 is 0 Å². The van der Waals surface area contributed by atoms with Gasteiger partial charge >= 0.3 is 0 Å². The molecule has 1 aromatic carbocycles. The van der Waals surface area contributed by atoms with Crippen LogP contribution in [0.4, 0.5) is 5.69 Å². The first-order valence-corrected chi connectivity index (χ1v) is 10.00. The molecule has 146 valence electrons. The van der Waals surface area contributed by atoms with Crippen molar-refractivity contribution in [2.24, 2.45) is 5.92 Å². The SMILES string of the molecule is CCC(CC)C(=O)N1CCN(C(=O)Cc2ccc3c(c2)CCC(=O)N3)CC1. The zero-order valence-corrected chi connectivity index (χ0v) is 16.3. The molecule has 0 atom stereocenters. The molecule has 0 radical (unpaired) electrons. The van der Waals surface area contributed by atoms with Gasteiger partial charge in [-0.1, -0.05) is 26.0 Å². The summed E-state index contributed by atoms with van der Waals surface area (Å²) in [4.78, 5) is 40.4. The van der Waals surface area contributed by atoms with E-state index in [0.29, 0.717) is 39.0 Å². The molecular formula is C21H29N3O3. The fourth-order valence-corrected chi connectivity index (χ4v) is 3.91. The number of fused-ring (bicyclic) bond motifs is 1. The van der Waals surface area contributed by atoms with Gasteiger partial charge in [0.25, 0.3) is 0 Å². The zero-order valence-electron chi connectivity index (χ0n) is 16.3. The number of aryl methyl sites for hydroxylation is 1. The van der Waals surface area contributed by atoms with E-state index in [-0.39, 0.29) is 23.6 Å². The molecule has 6 heteroatoms. The number of rotatable bonds is 5. The van der Waals surface area contributed by atoms with Crippen molar-refractivity contribution in [1.29, 1.82) is 0 Å². The van der Waals surface area contributed by atoms with Crippen molar-refractivity contribution in [3.8, 4) is 0 Å². The third-order valence-electron chi connectivity index (χ3n) is 5.70. The third kappa shape index (κ3) is 4.49. The number of amides is 3. The van der Waals surface area contributed by atoms with E-state index in [1.54, 1.807) is 0 Å². The van der Waals surface area contributed by atoms with Crippen LogP contribution in [0.3, 0.4) is 0 Å². The quantitative estimate of drug-likeness (QED) is 0.863. The lowest BCUT2D eigenvalue weighted by atomic mass is 9.99. The maximum Gasteiger partial charge on any atom is 0.227 e. The van der Waals surface area contributed by atoms with Crippen molar-refractivity contribution in [1.82, 2.24) is 9.80 Å². The first kappa shape index (κ1) is 19.4. The van der Waals surface area contributed by atoms with Crippen LogP contribution in [-0.4, -0.2) is 53.7 Å². The van der Waals surface area contributed by atoms with Gasteiger partial charge in [-0.05, 0) is 36.5 Å². The van der Waals surface area contributed by atoms with Gasteiger partial charge in [0.2, 0.25) is 17.7 Å². The minimum Gasteiger partial charge on any atom is -0.339 e. The van der Waals surface area contributed by atoms with Crippen LogP contribution < -0.4 is 5.32 Å². The normalized spacial score (nSPS) is 16.9. The lowest BCUT2D eigenvalue weighted by Crippen LogP contribution is -2.52. The summed E-state index contributed by atoms with van der Waals surface area (Å²) in [6, 6.07) is 5.83. The fraction of sp³-hybridized carbons (Fsp3) is 0.571. The molecule has 0 unspecified atom stereocenters. The molecule has 2 aliphatic heterocycles. The highest BCUT2D eigenvalue weighted by Crippen LogP contribution is 2.24. The molecule has 2 aliphatic rings. The van der Waals surface area contributed by atoms with E-state index in [1.807, 2.05) is 28.0 Å². The summed E-state index contributed by atoms with van der Waals surface area (Å²) in [5, 5.41) is 2.87. The van der Waals surface area contributed by atoms with E-state index in [4.69, 9.17) is 0 Å². The number of carbonyl (C=O) groups excluding carboxylic acids is 3. The Hall–Kier alpha value is -2.37. The van der Waals surface area contributed by atoms with Gasteiger partial charge in [-0.2, -0.15) is 0 Å². The minimum absolute atomic E-state index is 0.0483. The van der Waals surface area contributed by atoms with Crippen LogP contribution in [0.25, 0.3) is 0 Å². The van der Waals surface area contributed by atoms with Crippen molar-refractivity contribution in [2.45, 2.75) is 46.0 Å². The lowest BCUT2D eigenvalue weighted by Gasteiger charge is -2.36. The number of anilines is 1. The monoisotopic (exact) mass is 371 g/mol. The Bertz CT molecular complexity index is 719. The Morgan fingerprint density at radius 3 is 2.37 bits per heavy atom. The Labute approximate surface area is 160 Å². The Morgan fingerprint density at radius 2 is 1.70 bits per heavy atom. The van der Waals surface area contributed by atoms with Crippen LogP contribution in [0.2, 0.25) is 0 Å². The predicted octanol–water partition coefficient (Wildman–Crippen LogP) is 2.22. The van der Waals surface area contributed by atoms with E-state index in [0.717, 1.165) is 36.1 Å². The van der Waals surface area contributed by atoms with Crippen LogP contribution in [-0.2, 0) is 27.2 Å². The second kappa shape index (κ2) is 8.55. The highest BCUT2D eigenvalue weighted by atomic mass is 16.2. The van der Waals surface area contributed by atoms with Gasteiger partial charge < -0.3 is 15.1 Å². The summed E-state index contributed by atoms with van der Waals surface area (Å²) >= 11 is 0. The number of carbonyl (C=O) groups is 3. The summed E-state index contributed by atoms with van der Waals surface area (Å²) in [5.41, 5.74) is 2.93. The molecule has 1 N–H and O–H groups in total. The molecule has 3 amide bonds. The van der Waals surface area contributed by atoms with Crippen molar-refractivity contribution in [3.05, 3.63) is 29.3 Å². The molecular weight excluding hydrogens is 342 g/mol. The first-order valence-electron chi connectivity index (χ1n) is 10.00. The van der Waals surface area contributed by atoms with Crippen LogP contribution in [0.15, 0.2) is 18.2 Å². The highest BCUT2D eigenvalue weighted by Gasteiger charge is 2.27. The smallest absolute Gasteiger partial charge is 0.227 e. The maximum absolute atomic E-state index is 12.7. The average Bonchev–Trinajstić information content (AvgIpc) is 2.69. The Balaban J connectivity index is 1.54. The number of hydrogen-bond acceptors (Lipinski definition) is 3. The predicted molar refractivity (Wildman–Crippen MR) is 104 cm³/mol. The fourth-order valence-electron chi connectivity index (χ4n) is 3.91. The van der Waals surface area contributed by atoms with E-state index in [1.165, 1.54) is 0 Å². The number of nitrogens with one attached hydrogen (secondary N) is 1. The summed E-state index contributed by atoms with van der Waals surface area (Å²) in [7, 11) is 0. The summed E-state index contributed by atoms with van der Waals surface area (Å²) in [6.07, 6.45) is 3.32. The minimum atomic E-state index is 0.0483. The molecule has 6 nitrogen and oxygen atoms in total. The maximum atomic E-state index is 12.7. The van der Waals surface area contributed by atoms with Crippen LogP contribution in [0.1, 0.15) is 44.2 Å². The van der Waals surface area contributed by atoms with Gasteiger partial charge in [-0.3, -0.25) is 14.4 Å². The second-order valence-corrected chi connectivity index (χ2v) is 7.44. The molecule has 0 aromatic heterocycles.